The normalized spacial score (nSPS) is 23.4. The molecule has 0 aromatic heterocycles. The molecule has 1 aromatic rings. The molecule has 1 heterocycles. The Kier molecular flexibility index (Phi) is 4.09. The summed E-state index contributed by atoms with van der Waals surface area (Å²) in [6.45, 7) is 6.86. The highest BCUT2D eigenvalue weighted by Gasteiger charge is 2.28. The molecule has 0 aliphatic carbocycles. The summed E-state index contributed by atoms with van der Waals surface area (Å²) in [4.78, 5) is 0. The molecular weight excluding hydrogens is 294 g/mol. The monoisotopic (exact) mass is 313 g/mol. The van der Waals surface area contributed by atoms with Crippen LogP contribution in [0.15, 0.2) is 22.7 Å². The molecule has 17 heavy (non-hydrogen) atoms. The van der Waals surface area contributed by atoms with E-state index in [0.29, 0.717) is 11.5 Å². The maximum Gasteiger partial charge on any atom is 0.0489 e. The Bertz CT molecular complexity index is 403. The first-order valence-electron chi connectivity index (χ1n) is 6.07. The Labute approximate surface area is 117 Å². The van der Waals surface area contributed by atoms with Gasteiger partial charge in [0, 0.05) is 22.0 Å². The predicted octanol–water partition coefficient (Wildman–Crippen LogP) is 4.70. The third-order valence-electron chi connectivity index (χ3n) is 3.09. The van der Waals surface area contributed by atoms with Gasteiger partial charge in [-0.15, -0.1) is 0 Å². The highest BCUT2D eigenvalue weighted by molar-refractivity contribution is 9.10. The van der Waals surface area contributed by atoms with E-state index < -0.39 is 0 Å². The number of nitrogens with one attached hydrogen (secondary N) is 1. The van der Waals surface area contributed by atoms with Gasteiger partial charge in [0.25, 0.3) is 0 Å². The number of hydrogen-bond donors (Lipinski definition) is 1. The molecule has 2 rings (SSSR count). The van der Waals surface area contributed by atoms with Gasteiger partial charge in [0.1, 0.15) is 0 Å². The molecule has 1 aliphatic heterocycles. The minimum absolute atomic E-state index is 0.455. The van der Waals surface area contributed by atoms with Gasteiger partial charge in [-0.25, -0.2) is 0 Å². The van der Waals surface area contributed by atoms with E-state index >= 15 is 0 Å². The maximum absolute atomic E-state index is 3.68. The van der Waals surface area contributed by atoms with Crippen LogP contribution in [0.2, 0.25) is 0 Å². The van der Waals surface area contributed by atoms with Gasteiger partial charge in [-0.1, -0.05) is 19.9 Å². The van der Waals surface area contributed by atoms with Crippen LogP contribution in [0.1, 0.15) is 25.8 Å². The number of hydrogen-bond acceptors (Lipinski definition) is 2. The summed E-state index contributed by atoms with van der Waals surface area (Å²) in [6.07, 6.45) is 1.25. The third-order valence-corrected chi connectivity index (χ3v) is 5.41. The van der Waals surface area contributed by atoms with Crippen molar-refractivity contribution in [2.45, 2.75) is 33.2 Å². The van der Waals surface area contributed by atoms with Crippen LogP contribution in [-0.2, 0) is 0 Å². The van der Waals surface area contributed by atoms with E-state index in [1.54, 1.807) is 0 Å². The quantitative estimate of drug-likeness (QED) is 0.849. The lowest BCUT2D eigenvalue weighted by Crippen LogP contribution is -2.35. The summed E-state index contributed by atoms with van der Waals surface area (Å²) >= 11 is 5.68. The van der Waals surface area contributed by atoms with E-state index in [1.165, 1.54) is 29.2 Å². The first-order chi connectivity index (χ1) is 7.96. The zero-order chi connectivity index (χ0) is 12.5. The summed E-state index contributed by atoms with van der Waals surface area (Å²) in [5, 5.41) is 3.68. The third kappa shape index (κ3) is 3.65. The Morgan fingerprint density at radius 3 is 2.88 bits per heavy atom. The Balaban J connectivity index is 2.07. The van der Waals surface area contributed by atoms with Gasteiger partial charge in [-0.05, 0) is 58.1 Å². The van der Waals surface area contributed by atoms with E-state index in [9.17, 15) is 0 Å². The van der Waals surface area contributed by atoms with Crippen LogP contribution in [-0.4, -0.2) is 17.5 Å². The van der Waals surface area contributed by atoms with Crippen LogP contribution in [0, 0.1) is 12.3 Å². The van der Waals surface area contributed by atoms with Crippen molar-refractivity contribution in [1.82, 2.24) is 0 Å². The standard InChI is InChI=1S/C14H20BrNS/c1-10-4-5-12(15)13(6-10)16-11-7-14(2,3)9-17-8-11/h4-6,11,16H,7-9H2,1-3H3. The number of rotatable bonds is 2. The van der Waals surface area contributed by atoms with Crippen molar-refractivity contribution in [1.29, 1.82) is 0 Å². The minimum Gasteiger partial charge on any atom is -0.381 e. The lowest BCUT2D eigenvalue weighted by Gasteiger charge is -2.35. The van der Waals surface area contributed by atoms with Crippen LogP contribution >= 0.6 is 27.7 Å². The van der Waals surface area contributed by atoms with Gasteiger partial charge in [0.2, 0.25) is 0 Å². The molecule has 94 valence electrons. The van der Waals surface area contributed by atoms with Crippen molar-refractivity contribution in [2.24, 2.45) is 5.41 Å². The highest BCUT2D eigenvalue weighted by Crippen LogP contribution is 2.35. The van der Waals surface area contributed by atoms with E-state index in [2.05, 4.69) is 72.0 Å². The van der Waals surface area contributed by atoms with Gasteiger partial charge in [0.05, 0.1) is 0 Å². The average molecular weight is 314 g/mol. The summed E-state index contributed by atoms with van der Waals surface area (Å²) in [5.41, 5.74) is 2.99. The fraction of sp³-hybridized carbons (Fsp3) is 0.571. The summed E-state index contributed by atoms with van der Waals surface area (Å²) in [5.74, 6) is 2.49. The van der Waals surface area contributed by atoms with Gasteiger partial charge in [-0.2, -0.15) is 11.8 Å². The topological polar surface area (TPSA) is 12.0 Å². The van der Waals surface area contributed by atoms with Crippen LogP contribution < -0.4 is 5.32 Å². The maximum atomic E-state index is 3.68. The SMILES string of the molecule is Cc1ccc(Br)c(NC2CSCC(C)(C)C2)c1. The van der Waals surface area contributed by atoms with Crippen molar-refractivity contribution < 1.29 is 0 Å². The molecule has 1 saturated heterocycles. The largest absolute Gasteiger partial charge is 0.381 e. The second kappa shape index (κ2) is 5.23. The van der Waals surface area contributed by atoms with E-state index in [4.69, 9.17) is 0 Å². The van der Waals surface area contributed by atoms with Crippen LogP contribution in [0.4, 0.5) is 5.69 Å². The molecule has 0 amide bonds. The molecular formula is C14H20BrNS. The Morgan fingerprint density at radius 2 is 2.18 bits per heavy atom. The molecule has 0 saturated carbocycles. The Morgan fingerprint density at radius 1 is 1.41 bits per heavy atom. The molecule has 1 aromatic carbocycles. The number of aryl methyl sites for hydroxylation is 1. The minimum atomic E-state index is 0.455. The molecule has 1 N–H and O–H groups in total. The molecule has 1 aliphatic rings. The van der Waals surface area contributed by atoms with Crippen LogP contribution in [0.3, 0.4) is 0 Å². The van der Waals surface area contributed by atoms with E-state index in [1.807, 2.05) is 0 Å². The molecule has 0 radical (unpaired) electrons. The molecule has 1 fully saturated rings. The molecule has 0 bridgehead atoms. The Hall–Kier alpha value is -0.150. The molecule has 0 spiro atoms. The molecule has 1 unspecified atom stereocenters. The summed E-state index contributed by atoms with van der Waals surface area (Å²) in [6, 6.07) is 7.06. The fourth-order valence-corrected chi connectivity index (χ4v) is 3.96. The number of thioether (sulfide) groups is 1. The lowest BCUT2D eigenvalue weighted by atomic mass is 9.88. The zero-order valence-corrected chi connectivity index (χ0v) is 13.1. The zero-order valence-electron chi connectivity index (χ0n) is 10.7. The van der Waals surface area contributed by atoms with Gasteiger partial charge < -0.3 is 5.32 Å². The lowest BCUT2D eigenvalue weighted by molar-refractivity contribution is 0.358. The molecule has 3 heteroatoms. The predicted molar refractivity (Wildman–Crippen MR) is 82.0 cm³/mol. The van der Waals surface area contributed by atoms with Gasteiger partial charge in [0.15, 0.2) is 0 Å². The van der Waals surface area contributed by atoms with Crippen molar-refractivity contribution >= 4 is 33.4 Å². The highest BCUT2D eigenvalue weighted by atomic mass is 79.9. The number of benzene rings is 1. The number of anilines is 1. The van der Waals surface area contributed by atoms with E-state index in [0.717, 1.165) is 4.47 Å². The van der Waals surface area contributed by atoms with Gasteiger partial charge in [-0.3, -0.25) is 0 Å². The van der Waals surface area contributed by atoms with Crippen LogP contribution in [0.5, 0.6) is 0 Å². The number of halogens is 1. The van der Waals surface area contributed by atoms with E-state index in [-0.39, 0.29) is 0 Å². The second-order valence-corrected chi connectivity index (χ2v) is 7.59. The van der Waals surface area contributed by atoms with Crippen molar-refractivity contribution in [3.8, 4) is 0 Å². The first kappa shape index (κ1) is 13.3. The van der Waals surface area contributed by atoms with Crippen LogP contribution in [0.25, 0.3) is 0 Å². The first-order valence-corrected chi connectivity index (χ1v) is 8.01. The van der Waals surface area contributed by atoms with Crippen molar-refractivity contribution in [2.75, 3.05) is 16.8 Å². The smallest absolute Gasteiger partial charge is 0.0489 e. The fourth-order valence-electron chi connectivity index (χ4n) is 2.32. The van der Waals surface area contributed by atoms with Gasteiger partial charge >= 0.3 is 0 Å². The van der Waals surface area contributed by atoms with Crippen molar-refractivity contribution in [3.05, 3.63) is 28.2 Å². The molecule has 1 atom stereocenters. The average Bonchev–Trinajstić information content (AvgIpc) is 2.22. The second-order valence-electron chi connectivity index (χ2n) is 5.71. The summed E-state index contributed by atoms with van der Waals surface area (Å²) < 4.78 is 1.16. The summed E-state index contributed by atoms with van der Waals surface area (Å²) in [7, 11) is 0. The van der Waals surface area contributed by atoms with Crippen molar-refractivity contribution in [3.63, 3.8) is 0 Å². The molecule has 1 nitrogen and oxygen atoms in total.